The van der Waals surface area contributed by atoms with Crippen molar-refractivity contribution in [2.75, 3.05) is 26.7 Å². The van der Waals surface area contributed by atoms with Crippen LogP contribution in [-0.2, 0) is 10.2 Å². The molecule has 4 heteroatoms. The maximum Gasteiger partial charge on any atom is 0.233 e. The SMILES string of the molecule is COc1cccc(C2(C(=O)N3CCC(CCN)CC3)CC2)c1. The van der Waals surface area contributed by atoms with Gasteiger partial charge in [0.2, 0.25) is 5.91 Å². The third-order valence-corrected chi connectivity index (χ3v) is 5.26. The Hall–Kier alpha value is -1.55. The van der Waals surface area contributed by atoms with Gasteiger partial charge in [0.15, 0.2) is 0 Å². The molecule has 1 saturated carbocycles. The van der Waals surface area contributed by atoms with Crippen molar-refractivity contribution < 1.29 is 9.53 Å². The van der Waals surface area contributed by atoms with Gasteiger partial charge in [0.05, 0.1) is 12.5 Å². The van der Waals surface area contributed by atoms with Gasteiger partial charge in [-0.05, 0) is 62.3 Å². The molecule has 1 aromatic carbocycles. The van der Waals surface area contributed by atoms with Gasteiger partial charge in [0, 0.05) is 13.1 Å². The zero-order chi connectivity index (χ0) is 15.6. The third kappa shape index (κ3) is 2.84. The molecule has 0 unspecified atom stereocenters. The van der Waals surface area contributed by atoms with Crippen LogP contribution in [0.25, 0.3) is 0 Å². The van der Waals surface area contributed by atoms with Crippen molar-refractivity contribution in [1.29, 1.82) is 0 Å². The molecule has 2 aliphatic rings. The number of hydrogen-bond donors (Lipinski definition) is 1. The van der Waals surface area contributed by atoms with E-state index in [1.54, 1.807) is 7.11 Å². The summed E-state index contributed by atoms with van der Waals surface area (Å²) in [4.78, 5) is 15.1. The standard InChI is InChI=1S/C18H26N2O2/c1-22-16-4-2-3-15(13-16)18(8-9-18)17(21)20-11-6-14(5-10-19)7-12-20/h2-4,13-14H,5-12,19H2,1H3. The summed E-state index contributed by atoms with van der Waals surface area (Å²) in [5.74, 6) is 1.84. The average Bonchev–Trinajstić information content (AvgIpc) is 3.37. The van der Waals surface area contributed by atoms with Gasteiger partial charge in [-0.2, -0.15) is 0 Å². The van der Waals surface area contributed by atoms with Gasteiger partial charge in [0.1, 0.15) is 5.75 Å². The number of hydrogen-bond acceptors (Lipinski definition) is 3. The molecule has 0 radical (unpaired) electrons. The van der Waals surface area contributed by atoms with E-state index >= 15 is 0 Å². The number of amides is 1. The molecule has 1 aliphatic heterocycles. The van der Waals surface area contributed by atoms with Crippen molar-refractivity contribution in [1.82, 2.24) is 4.90 Å². The van der Waals surface area contributed by atoms with Gasteiger partial charge in [0.25, 0.3) is 0 Å². The number of benzene rings is 1. The van der Waals surface area contributed by atoms with Crippen molar-refractivity contribution in [2.24, 2.45) is 11.7 Å². The normalized spacial score (nSPS) is 20.7. The fraction of sp³-hybridized carbons (Fsp3) is 0.611. The zero-order valence-electron chi connectivity index (χ0n) is 13.4. The molecule has 2 N–H and O–H groups in total. The molecule has 2 fully saturated rings. The Bertz CT molecular complexity index is 532. The van der Waals surface area contributed by atoms with Crippen LogP contribution in [0.5, 0.6) is 5.75 Å². The number of carbonyl (C=O) groups is 1. The van der Waals surface area contributed by atoms with Gasteiger partial charge in [-0.25, -0.2) is 0 Å². The lowest BCUT2D eigenvalue weighted by Crippen LogP contribution is -2.44. The summed E-state index contributed by atoms with van der Waals surface area (Å²) >= 11 is 0. The lowest BCUT2D eigenvalue weighted by molar-refractivity contribution is -0.135. The first-order valence-corrected chi connectivity index (χ1v) is 8.33. The van der Waals surface area contributed by atoms with E-state index in [4.69, 9.17) is 10.5 Å². The highest BCUT2D eigenvalue weighted by molar-refractivity contribution is 5.91. The Kier molecular flexibility index (Phi) is 4.39. The van der Waals surface area contributed by atoms with Crippen LogP contribution in [-0.4, -0.2) is 37.6 Å². The number of piperidine rings is 1. The minimum atomic E-state index is -0.282. The number of rotatable bonds is 5. The molecule has 0 atom stereocenters. The van der Waals surface area contributed by atoms with Gasteiger partial charge in [-0.1, -0.05) is 12.1 Å². The second-order valence-corrected chi connectivity index (χ2v) is 6.63. The van der Waals surface area contributed by atoms with Gasteiger partial charge in [-0.15, -0.1) is 0 Å². The van der Waals surface area contributed by atoms with Crippen LogP contribution in [0, 0.1) is 5.92 Å². The predicted molar refractivity (Wildman–Crippen MR) is 86.9 cm³/mol. The monoisotopic (exact) mass is 302 g/mol. The Morgan fingerprint density at radius 1 is 1.36 bits per heavy atom. The molecule has 4 nitrogen and oxygen atoms in total. The summed E-state index contributed by atoms with van der Waals surface area (Å²) in [5, 5.41) is 0. The van der Waals surface area contributed by atoms with Crippen LogP contribution >= 0.6 is 0 Å². The highest BCUT2D eigenvalue weighted by Gasteiger charge is 2.53. The second-order valence-electron chi connectivity index (χ2n) is 6.63. The fourth-order valence-electron chi connectivity index (χ4n) is 3.63. The van der Waals surface area contributed by atoms with E-state index in [-0.39, 0.29) is 5.41 Å². The molecule has 1 saturated heterocycles. The van der Waals surface area contributed by atoms with Crippen LogP contribution in [0.1, 0.15) is 37.7 Å². The average molecular weight is 302 g/mol. The molecule has 120 valence electrons. The molecule has 1 aliphatic carbocycles. The van der Waals surface area contributed by atoms with Crippen LogP contribution < -0.4 is 10.5 Å². The molecule has 1 aromatic rings. The molecular formula is C18H26N2O2. The van der Waals surface area contributed by atoms with E-state index in [9.17, 15) is 4.79 Å². The van der Waals surface area contributed by atoms with Crippen LogP contribution in [0.15, 0.2) is 24.3 Å². The maximum atomic E-state index is 13.0. The topological polar surface area (TPSA) is 55.6 Å². The summed E-state index contributed by atoms with van der Waals surface area (Å²) in [7, 11) is 1.67. The number of likely N-dealkylation sites (tertiary alicyclic amines) is 1. The van der Waals surface area contributed by atoms with Crippen molar-refractivity contribution in [3.8, 4) is 5.75 Å². The van der Waals surface area contributed by atoms with Crippen molar-refractivity contribution in [3.05, 3.63) is 29.8 Å². The first-order valence-electron chi connectivity index (χ1n) is 8.33. The molecule has 1 heterocycles. The zero-order valence-corrected chi connectivity index (χ0v) is 13.4. The highest BCUT2D eigenvalue weighted by Crippen LogP contribution is 2.50. The van der Waals surface area contributed by atoms with E-state index in [0.717, 1.165) is 63.1 Å². The van der Waals surface area contributed by atoms with Crippen molar-refractivity contribution >= 4 is 5.91 Å². The lowest BCUT2D eigenvalue weighted by atomic mass is 9.90. The molecule has 0 bridgehead atoms. The molecule has 0 spiro atoms. The smallest absolute Gasteiger partial charge is 0.233 e. The largest absolute Gasteiger partial charge is 0.497 e. The van der Waals surface area contributed by atoms with E-state index in [1.165, 1.54) is 0 Å². The number of nitrogens with zero attached hydrogens (tertiary/aromatic N) is 1. The minimum absolute atomic E-state index is 0.282. The van der Waals surface area contributed by atoms with Gasteiger partial charge < -0.3 is 15.4 Å². The number of ether oxygens (including phenoxy) is 1. The number of carbonyl (C=O) groups excluding carboxylic acids is 1. The van der Waals surface area contributed by atoms with E-state index in [0.29, 0.717) is 11.8 Å². The molecule has 1 amide bonds. The summed E-state index contributed by atoms with van der Waals surface area (Å²) in [6.07, 6.45) is 5.20. The Morgan fingerprint density at radius 3 is 2.68 bits per heavy atom. The number of nitrogens with two attached hydrogens (primary N) is 1. The van der Waals surface area contributed by atoms with E-state index in [1.807, 2.05) is 18.2 Å². The fourth-order valence-corrected chi connectivity index (χ4v) is 3.63. The maximum absolute atomic E-state index is 13.0. The summed E-state index contributed by atoms with van der Waals surface area (Å²) in [6, 6.07) is 8.00. The van der Waals surface area contributed by atoms with Crippen LogP contribution in [0.3, 0.4) is 0 Å². The minimum Gasteiger partial charge on any atom is -0.497 e. The van der Waals surface area contributed by atoms with Crippen LogP contribution in [0.4, 0.5) is 0 Å². The predicted octanol–water partition coefficient (Wildman–Crippen LogP) is 2.31. The molecular weight excluding hydrogens is 276 g/mol. The first kappa shape index (κ1) is 15.3. The summed E-state index contributed by atoms with van der Waals surface area (Å²) < 4.78 is 5.31. The number of methoxy groups -OCH3 is 1. The van der Waals surface area contributed by atoms with Crippen molar-refractivity contribution in [2.45, 2.75) is 37.5 Å². The van der Waals surface area contributed by atoms with E-state index in [2.05, 4.69) is 11.0 Å². The Labute approximate surface area is 132 Å². The summed E-state index contributed by atoms with van der Waals surface area (Å²) in [5.41, 5.74) is 6.47. The summed E-state index contributed by atoms with van der Waals surface area (Å²) in [6.45, 7) is 2.52. The van der Waals surface area contributed by atoms with Gasteiger partial charge in [-0.3, -0.25) is 4.79 Å². The molecule has 22 heavy (non-hydrogen) atoms. The Morgan fingerprint density at radius 2 is 2.09 bits per heavy atom. The molecule has 3 rings (SSSR count). The van der Waals surface area contributed by atoms with Crippen molar-refractivity contribution in [3.63, 3.8) is 0 Å². The highest BCUT2D eigenvalue weighted by atomic mass is 16.5. The third-order valence-electron chi connectivity index (χ3n) is 5.26. The van der Waals surface area contributed by atoms with Crippen LogP contribution in [0.2, 0.25) is 0 Å². The quantitative estimate of drug-likeness (QED) is 0.908. The second kappa shape index (κ2) is 6.29. The lowest BCUT2D eigenvalue weighted by Gasteiger charge is -2.34. The first-order chi connectivity index (χ1) is 10.7. The van der Waals surface area contributed by atoms with Gasteiger partial charge >= 0.3 is 0 Å². The Balaban J connectivity index is 1.69. The van der Waals surface area contributed by atoms with E-state index < -0.39 is 0 Å². The molecule has 0 aromatic heterocycles.